The molecule has 0 aromatic heterocycles. The van der Waals surface area contributed by atoms with Crippen molar-refractivity contribution >= 4 is 40.9 Å². The van der Waals surface area contributed by atoms with E-state index in [1.807, 2.05) is 0 Å². The molecule has 0 aliphatic rings. The zero-order valence-electron chi connectivity index (χ0n) is 15.4. The van der Waals surface area contributed by atoms with Crippen molar-refractivity contribution in [3.8, 4) is 0 Å². The summed E-state index contributed by atoms with van der Waals surface area (Å²) in [5.41, 5.74) is 0.285. The molecule has 0 heterocycles. The number of nitro benzene ring substituents is 1. The van der Waals surface area contributed by atoms with Crippen molar-refractivity contribution in [1.29, 1.82) is 0 Å². The molecule has 0 saturated carbocycles. The van der Waals surface area contributed by atoms with Crippen molar-refractivity contribution in [2.75, 3.05) is 19.7 Å². The number of ether oxygens (including phenoxy) is 1. The van der Waals surface area contributed by atoms with Crippen LogP contribution in [0.25, 0.3) is 0 Å². The molecule has 0 fully saturated rings. The van der Waals surface area contributed by atoms with E-state index in [9.17, 15) is 29.3 Å². The molecule has 0 atom stereocenters. The fraction of sp³-hybridized carbons (Fsp3) is 0.158. The van der Waals surface area contributed by atoms with Crippen LogP contribution in [0.1, 0.15) is 20.7 Å². The van der Waals surface area contributed by atoms with Gasteiger partial charge in [-0.05, 0) is 36.4 Å². The number of nitrogens with one attached hydrogen (secondary N) is 2. The third-order valence-corrected chi connectivity index (χ3v) is 3.96. The highest BCUT2D eigenvalue weighted by molar-refractivity contribution is 6.30. The average Bonchev–Trinajstić information content (AvgIpc) is 2.74. The second-order valence-electron chi connectivity index (χ2n) is 5.85. The molecule has 11 heteroatoms. The van der Waals surface area contributed by atoms with Gasteiger partial charge >= 0.3 is 5.97 Å². The number of carbonyl (C=O) groups excluding carboxylic acids is 4. The third-order valence-electron chi connectivity index (χ3n) is 3.71. The van der Waals surface area contributed by atoms with Crippen LogP contribution in [0, 0.1) is 10.1 Å². The van der Waals surface area contributed by atoms with Gasteiger partial charge in [-0.15, -0.1) is 0 Å². The van der Waals surface area contributed by atoms with E-state index in [2.05, 4.69) is 10.6 Å². The summed E-state index contributed by atoms with van der Waals surface area (Å²) in [6, 6.07) is 10.9. The molecule has 0 aliphatic carbocycles. The molecular formula is C19H16ClN3O7. The van der Waals surface area contributed by atoms with Crippen LogP contribution in [0.5, 0.6) is 0 Å². The maximum Gasteiger partial charge on any atom is 0.325 e. The smallest absolute Gasteiger partial charge is 0.325 e. The van der Waals surface area contributed by atoms with Gasteiger partial charge in [0.15, 0.2) is 12.4 Å². The molecule has 2 rings (SSSR count). The Balaban J connectivity index is 1.69. The summed E-state index contributed by atoms with van der Waals surface area (Å²) in [4.78, 5) is 57.1. The van der Waals surface area contributed by atoms with Gasteiger partial charge in [-0.25, -0.2) is 0 Å². The number of benzene rings is 2. The largest absolute Gasteiger partial charge is 0.456 e. The van der Waals surface area contributed by atoms with Gasteiger partial charge in [0.05, 0.1) is 11.5 Å². The maximum absolute atomic E-state index is 11.9. The highest BCUT2D eigenvalue weighted by Crippen LogP contribution is 2.12. The number of amides is 2. The van der Waals surface area contributed by atoms with Gasteiger partial charge in [-0.1, -0.05) is 11.6 Å². The van der Waals surface area contributed by atoms with Gasteiger partial charge in [0, 0.05) is 28.3 Å². The highest BCUT2D eigenvalue weighted by Gasteiger charge is 2.13. The van der Waals surface area contributed by atoms with Gasteiger partial charge in [0.2, 0.25) is 5.91 Å². The molecule has 0 aliphatic heterocycles. The number of hydrogen-bond donors (Lipinski definition) is 2. The number of nitro groups is 1. The zero-order valence-corrected chi connectivity index (χ0v) is 16.2. The third kappa shape index (κ3) is 6.99. The summed E-state index contributed by atoms with van der Waals surface area (Å²) < 4.78 is 4.76. The SMILES string of the molecule is O=C(CNC(=O)c1ccc(Cl)cc1)NCC(=O)OCC(=O)c1ccc([N+](=O)[O-])cc1. The van der Waals surface area contributed by atoms with E-state index in [-0.39, 0.29) is 17.8 Å². The van der Waals surface area contributed by atoms with Crippen LogP contribution < -0.4 is 10.6 Å². The second kappa shape index (κ2) is 10.7. The first-order valence-corrected chi connectivity index (χ1v) is 8.88. The molecule has 0 spiro atoms. The van der Waals surface area contributed by atoms with Gasteiger partial charge in [-0.2, -0.15) is 0 Å². The molecule has 30 heavy (non-hydrogen) atoms. The summed E-state index contributed by atoms with van der Waals surface area (Å²) in [5.74, 6) is -2.53. The lowest BCUT2D eigenvalue weighted by molar-refractivity contribution is -0.384. The van der Waals surface area contributed by atoms with Crippen molar-refractivity contribution in [2.24, 2.45) is 0 Å². The predicted octanol–water partition coefficient (Wildman–Crippen LogP) is 1.52. The number of hydrogen-bond acceptors (Lipinski definition) is 7. The topological polar surface area (TPSA) is 145 Å². The standard InChI is InChI=1S/C19H16ClN3O7/c20-14-5-1-13(2-6-14)19(27)22-9-17(25)21-10-18(26)30-11-16(24)12-3-7-15(8-4-12)23(28)29/h1-8H,9-11H2,(H,21,25)(H,22,27). The Bertz CT molecular complexity index is 959. The number of carbonyl (C=O) groups is 4. The van der Waals surface area contributed by atoms with E-state index >= 15 is 0 Å². The predicted molar refractivity (Wildman–Crippen MR) is 105 cm³/mol. The molecule has 2 N–H and O–H groups in total. The van der Waals surface area contributed by atoms with Crippen molar-refractivity contribution in [1.82, 2.24) is 10.6 Å². The Morgan fingerprint density at radius 3 is 2.10 bits per heavy atom. The van der Waals surface area contributed by atoms with E-state index in [4.69, 9.17) is 16.3 Å². The summed E-state index contributed by atoms with van der Waals surface area (Å²) in [7, 11) is 0. The van der Waals surface area contributed by atoms with E-state index in [1.165, 1.54) is 36.4 Å². The van der Waals surface area contributed by atoms with E-state index in [1.54, 1.807) is 0 Å². The van der Waals surface area contributed by atoms with E-state index < -0.39 is 41.6 Å². The molecule has 0 radical (unpaired) electrons. The number of ketones is 1. The molecule has 0 bridgehead atoms. The Morgan fingerprint density at radius 2 is 1.50 bits per heavy atom. The zero-order chi connectivity index (χ0) is 22.1. The van der Waals surface area contributed by atoms with Crippen LogP contribution in [-0.4, -0.2) is 48.2 Å². The summed E-state index contributed by atoms with van der Waals surface area (Å²) in [5, 5.41) is 15.7. The van der Waals surface area contributed by atoms with Crippen LogP contribution >= 0.6 is 11.6 Å². The van der Waals surface area contributed by atoms with Crippen LogP contribution in [0.2, 0.25) is 5.02 Å². The Kier molecular flexibility index (Phi) is 8.00. The monoisotopic (exact) mass is 433 g/mol. The molecule has 0 unspecified atom stereocenters. The molecule has 0 saturated heterocycles. The summed E-state index contributed by atoms with van der Waals surface area (Å²) in [6.07, 6.45) is 0. The minimum atomic E-state index is -0.859. The van der Waals surface area contributed by atoms with Crippen LogP contribution in [0.15, 0.2) is 48.5 Å². The first-order chi connectivity index (χ1) is 14.3. The first kappa shape index (κ1) is 22.5. The number of rotatable bonds is 9. The fourth-order valence-corrected chi connectivity index (χ4v) is 2.27. The number of halogens is 1. The number of esters is 1. The maximum atomic E-state index is 11.9. The second-order valence-corrected chi connectivity index (χ2v) is 6.29. The fourth-order valence-electron chi connectivity index (χ4n) is 2.15. The molecule has 2 aromatic carbocycles. The van der Waals surface area contributed by atoms with E-state index in [0.717, 1.165) is 12.1 Å². The van der Waals surface area contributed by atoms with Crippen LogP contribution in [0.3, 0.4) is 0 Å². The number of non-ortho nitro benzene ring substituents is 1. The molecular weight excluding hydrogens is 418 g/mol. The minimum absolute atomic E-state index is 0.141. The average molecular weight is 434 g/mol. The number of nitrogens with zero attached hydrogens (tertiary/aromatic N) is 1. The summed E-state index contributed by atoms with van der Waals surface area (Å²) in [6.45, 7) is -1.44. The quantitative estimate of drug-likeness (QED) is 0.264. The van der Waals surface area contributed by atoms with Gasteiger partial charge < -0.3 is 15.4 Å². The van der Waals surface area contributed by atoms with E-state index in [0.29, 0.717) is 10.6 Å². The first-order valence-electron chi connectivity index (χ1n) is 8.50. The van der Waals surface area contributed by atoms with Gasteiger partial charge in [-0.3, -0.25) is 29.3 Å². The van der Waals surface area contributed by atoms with Crippen molar-refractivity contribution in [3.05, 3.63) is 74.8 Å². The minimum Gasteiger partial charge on any atom is -0.456 e. The Hall–Kier alpha value is -3.79. The van der Waals surface area contributed by atoms with Crippen molar-refractivity contribution < 1.29 is 28.8 Å². The summed E-state index contributed by atoms with van der Waals surface area (Å²) >= 11 is 5.73. The lowest BCUT2D eigenvalue weighted by atomic mass is 10.1. The normalized spacial score (nSPS) is 10.0. The lowest BCUT2D eigenvalue weighted by Crippen LogP contribution is -2.39. The van der Waals surface area contributed by atoms with Gasteiger partial charge in [0.1, 0.15) is 6.54 Å². The Morgan fingerprint density at radius 1 is 0.900 bits per heavy atom. The van der Waals surface area contributed by atoms with Crippen LogP contribution in [0.4, 0.5) is 5.69 Å². The number of Topliss-reactive ketones (excluding diaryl/α,β-unsaturated/α-hetero) is 1. The van der Waals surface area contributed by atoms with Crippen molar-refractivity contribution in [3.63, 3.8) is 0 Å². The molecule has 10 nitrogen and oxygen atoms in total. The molecule has 156 valence electrons. The highest BCUT2D eigenvalue weighted by atomic mass is 35.5. The van der Waals surface area contributed by atoms with Crippen molar-refractivity contribution in [2.45, 2.75) is 0 Å². The lowest BCUT2D eigenvalue weighted by Gasteiger charge is -2.07. The van der Waals surface area contributed by atoms with Crippen LogP contribution in [-0.2, 0) is 14.3 Å². The molecule has 2 amide bonds. The molecule has 2 aromatic rings. The van der Waals surface area contributed by atoms with Gasteiger partial charge in [0.25, 0.3) is 11.6 Å². The Labute approximate surface area is 175 Å².